The van der Waals surface area contributed by atoms with Crippen LogP contribution in [0.15, 0.2) is 0 Å². The van der Waals surface area contributed by atoms with Gasteiger partial charge < -0.3 is 155 Å². The van der Waals surface area contributed by atoms with E-state index in [2.05, 4.69) is 16.0 Å². The first-order valence-electron chi connectivity index (χ1n) is 24.1. The zero-order valence-electron chi connectivity index (χ0n) is 40.9. The van der Waals surface area contributed by atoms with Crippen LogP contribution in [0.25, 0.3) is 0 Å². The summed E-state index contributed by atoms with van der Waals surface area (Å²) in [6, 6.07) is -5.16. The van der Waals surface area contributed by atoms with Crippen molar-refractivity contribution in [1.82, 2.24) is 16.0 Å². The summed E-state index contributed by atoms with van der Waals surface area (Å²) in [5.41, 5.74) is 0. The van der Waals surface area contributed by atoms with E-state index in [9.17, 15) is 101 Å². The molecule has 6 fully saturated rings. The van der Waals surface area contributed by atoms with Gasteiger partial charge in [-0.15, -0.1) is 0 Å². The van der Waals surface area contributed by atoms with Crippen LogP contribution in [0.2, 0.25) is 0 Å². The number of hydrogen-bond acceptors (Lipinski definition) is 31. The molecule has 0 bridgehead atoms. The molecule has 20 N–H and O–H groups in total. The third kappa shape index (κ3) is 13.7. The van der Waals surface area contributed by atoms with Crippen LogP contribution in [0.3, 0.4) is 0 Å². The molecular weight excluding hydrogens is 1040 g/mol. The van der Waals surface area contributed by atoms with Gasteiger partial charge in [0.25, 0.3) is 0 Å². The maximum Gasteiger partial charge on any atom is 0.217 e. The summed E-state index contributed by atoms with van der Waals surface area (Å²) in [4.78, 5) is 37.6. The molecule has 0 aliphatic carbocycles. The molecule has 34 nitrogen and oxygen atoms in total. The predicted octanol–water partition coefficient (Wildman–Crippen LogP) is -13.7. The van der Waals surface area contributed by atoms with Gasteiger partial charge in [-0.2, -0.15) is 0 Å². The second-order valence-electron chi connectivity index (χ2n) is 19.0. The zero-order valence-corrected chi connectivity index (χ0v) is 40.9. The quantitative estimate of drug-likeness (QED) is 0.0571. The Labute approximate surface area is 431 Å². The van der Waals surface area contributed by atoms with Gasteiger partial charge in [-0.1, -0.05) is 0 Å². The van der Waals surface area contributed by atoms with Crippen LogP contribution >= 0.6 is 0 Å². The van der Waals surface area contributed by atoms with Crippen molar-refractivity contribution in [3.63, 3.8) is 0 Å². The number of carbonyl (C=O) groups is 3. The summed E-state index contributed by atoms with van der Waals surface area (Å²) in [5, 5.41) is 190. The molecular formula is C42H71N3O31. The summed E-state index contributed by atoms with van der Waals surface area (Å²) < 4.78 is 63.5. The number of hydrogen-bond donors (Lipinski definition) is 20. The fraction of sp³-hybridized carbons (Fsp3) is 0.929. The molecule has 0 saturated carbocycles. The normalized spacial score (nSPS) is 48.2. The average molecular weight is 1110 g/mol. The van der Waals surface area contributed by atoms with E-state index < -0.39 is 241 Å². The lowest BCUT2D eigenvalue weighted by Gasteiger charge is -2.50. The molecule has 30 atom stereocenters. The molecule has 0 aromatic rings. The number of aliphatic hydroxyl groups is 17. The van der Waals surface area contributed by atoms with E-state index >= 15 is 0 Å². The van der Waals surface area contributed by atoms with Crippen molar-refractivity contribution in [3.8, 4) is 0 Å². The van der Waals surface area contributed by atoms with E-state index in [1.54, 1.807) is 0 Å². The van der Waals surface area contributed by atoms with Crippen LogP contribution in [-0.2, 0) is 66.5 Å². The average Bonchev–Trinajstić information content (AvgIpc) is 3.38. The Morgan fingerprint density at radius 3 is 1.18 bits per heavy atom. The maximum atomic E-state index is 12.8. The van der Waals surface area contributed by atoms with Crippen molar-refractivity contribution in [2.24, 2.45) is 0 Å². The van der Waals surface area contributed by atoms with Crippen molar-refractivity contribution in [3.05, 3.63) is 0 Å². The van der Waals surface area contributed by atoms with E-state index in [4.69, 9.17) is 52.1 Å². The summed E-state index contributed by atoms with van der Waals surface area (Å²) in [6.07, 6.45) is -51.4. The predicted molar refractivity (Wildman–Crippen MR) is 234 cm³/mol. The Morgan fingerprint density at radius 1 is 0.342 bits per heavy atom. The molecule has 3 amide bonds. The second-order valence-corrected chi connectivity index (χ2v) is 19.0. The van der Waals surface area contributed by atoms with Gasteiger partial charge in [-0.3, -0.25) is 14.4 Å². The number of carbonyl (C=O) groups excluding carboxylic acids is 3. The van der Waals surface area contributed by atoms with E-state index in [1.165, 1.54) is 0 Å². The van der Waals surface area contributed by atoms with Gasteiger partial charge in [-0.25, -0.2) is 0 Å². The van der Waals surface area contributed by atoms with Crippen molar-refractivity contribution < 1.29 is 153 Å². The summed E-state index contributed by atoms with van der Waals surface area (Å²) in [6.45, 7) is -2.64. The van der Waals surface area contributed by atoms with E-state index in [0.717, 1.165) is 20.8 Å². The number of ether oxygens (including phenoxy) is 11. The minimum atomic E-state index is -2.30. The Kier molecular flexibility index (Phi) is 22.3. The first-order chi connectivity index (χ1) is 35.9. The molecule has 6 saturated heterocycles. The smallest absolute Gasteiger partial charge is 0.217 e. The van der Waals surface area contributed by atoms with E-state index in [1.807, 2.05) is 0 Å². The van der Waals surface area contributed by atoms with Gasteiger partial charge in [-0.05, 0) is 0 Å². The molecule has 0 aromatic carbocycles. The van der Waals surface area contributed by atoms with Crippen LogP contribution in [0.4, 0.5) is 0 Å². The van der Waals surface area contributed by atoms with Crippen LogP contribution in [0.1, 0.15) is 20.8 Å². The van der Waals surface area contributed by atoms with Crippen LogP contribution in [-0.4, -0.2) is 328 Å². The Morgan fingerprint density at radius 2 is 0.697 bits per heavy atom. The topological polar surface area (TPSA) is 533 Å². The first-order valence-corrected chi connectivity index (χ1v) is 24.1. The monoisotopic (exact) mass is 1110 g/mol. The highest BCUT2D eigenvalue weighted by Crippen LogP contribution is 2.36. The van der Waals surface area contributed by atoms with E-state index in [0.29, 0.717) is 0 Å². The van der Waals surface area contributed by atoms with Gasteiger partial charge in [0.1, 0.15) is 146 Å². The number of amides is 3. The van der Waals surface area contributed by atoms with Crippen molar-refractivity contribution in [2.45, 2.75) is 205 Å². The summed E-state index contributed by atoms with van der Waals surface area (Å²) in [5.74, 6) is -2.49. The van der Waals surface area contributed by atoms with Crippen LogP contribution in [0, 0.1) is 0 Å². The largest absolute Gasteiger partial charge is 0.394 e. The minimum absolute atomic E-state index is 0.797. The summed E-state index contributed by atoms with van der Waals surface area (Å²) in [7, 11) is 0. The molecule has 34 heteroatoms. The molecule has 6 aliphatic heterocycles. The molecule has 0 aromatic heterocycles. The van der Waals surface area contributed by atoms with Gasteiger partial charge in [0.2, 0.25) is 17.7 Å². The summed E-state index contributed by atoms with van der Waals surface area (Å²) >= 11 is 0. The number of rotatable bonds is 19. The highest BCUT2D eigenvalue weighted by molar-refractivity contribution is 5.74. The maximum absolute atomic E-state index is 12.8. The Bertz CT molecular complexity index is 1870. The van der Waals surface area contributed by atoms with Crippen molar-refractivity contribution >= 4 is 17.7 Å². The molecule has 6 aliphatic rings. The van der Waals surface area contributed by atoms with Gasteiger partial charge >= 0.3 is 0 Å². The lowest BCUT2D eigenvalue weighted by atomic mass is 9.94. The van der Waals surface area contributed by atoms with Crippen molar-refractivity contribution in [1.29, 1.82) is 0 Å². The van der Waals surface area contributed by atoms with Gasteiger partial charge in [0.05, 0.1) is 39.6 Å². The molecule has 440 valence electrons. The van der Waals surface area contributed by atoms with E-state index in [-0.39, 0.29) is 0 Å². The third-order valence-electron chi connectivity index (χ3n) is 13.6. The lowest BCUT2D eigenvalue weighted by Crippen LogP contribution is -2.70. The third-order valence-corrected chi connectivity index (χ3v) is 13.6. The highest BCUT2D eigenvalue weighted by Gasteiger charge is 2.58. The zero-order chi connectivity index (χ0) is 56.2. The SMILES string of the molecule is CC(=O)N[C@H]1[C@H](OC[C@H]2O[C@@H](O[C@H]3[C@@H](O)[C@@H](CO)OC(O)[C@@H]3NC(C)=O)[C@H](O)[C@@H](O[C@@H]3O[C@H](CO)[C@@H](O)[C@H](O[C@@H]4O[C@H](CO)[C@H](O)[C@H](O)[C@H]4O)[C@H]3NC(C)=O)[C@H]2O)O[C@H](CO)[C@@H](O[C@@H]2O[C@H](CO)[C@H](O)[C@H](O)[C@H]2O)[C@@H]1O. The van der Waals surface area contributed by atoms with Gasteiger partial charge in [0, 0.05) is 20.8 Å². The molecule has 6 heterocycles. The minimum Gasteiger partial charge on any atom is -0.394 e. The molecule has 1 unspecified atom stereocenters. The first kappa shape index (κ1) is 62.5. The highest BCUT2D eigenvalue weighted by atomic mass is 16.8. The fourth-order valence-electron chi connectivity index (χ4n) is 9.62. The lowest BCUT2D eigenvalue weighted by molar-refractivity contribution is -0.379. The Hall–Kier alpha value is -2.71. The van der Waals surface area contributed by atoms with Gasteiger partial charge in [0.15, 0.2) is 37.7 Å². The molecule has 0 radical (unpaired) electrons. The van der Waals surface area contributed by atoms with Crippen molar-refractivity contribution in [2.75, 3.05) is 39.6 Å². The second kappa shape index (κ2) is 27.2. The number of aliphatic hydroxyl groups excluding tert-OH is 17. The number of nitrogens with one attached hydrogen (secondary N) is 3. The van der Waals surface area contributed by atoms with Crippen LogP contribution in [0.5, 0.6) is 0 Å². The molecule has 0 spiro atoms. The molecule has 76 heavy (non-hydrogen) atoms. The standard InChI is InChI=1S/C42H71N3O31/c1-10(51)43-19-27(59)33(73-40-30(62)28(60)22(54)13(4-46)69-40)17(8-50)71-38(19)66-9-18-26(58)36(32(64)42(72-18)74-34-20(44-11(2)52)37(65)67-15(6-48)24(34)56)76-39-21(45-12(3)53)35(25(57)16(7-49)68-39)75-41-31(63)29(61)23(55)14(5-47)70-41/h13-42,46-50,54-65H,4-9H2,1-3H3,(H,43,51)(H,44,52)(H,45,53)/t13-,14-,15-,16-,17-,18-,19-,20-,21-,22+,23+,24+,25-,26+,27-,28+,29+,30-,31-,32-,33-,34-,35-,36+,37?,38-,39+,40+,41+,42+/m1/s1. The Balaban J connectivity index is 1.33. The van der Waals surface area contributed by atoms with Crippen LogP contribution < -0.4 is 16.0 Å². The molecule has 6 rings (SSSR count). The fourth-order valence-corrected chi connectivity index (χ4v) is 9.62.